The molecular weight excluding hydrogens is 304 g/mol. The highest BCUT2D eigenvalue weighted by atomic mass is 35.5. The van der Waals surface area contributed by atoms with Crippen LogP contribution in [-0.4, -0.2) is 10.9 Å². The lowest BCUT2D eigenvalue weighted by Gasteiger charge is -2.17. The number of anilines is 1. The van der Waals surface area contributed by atoms with E-state index in [1.54, 1.807) is 37.3 Å². The first kappa shape index (κ1) is 14.4. The van der Waals surface area contributed by atoms with Gasteiger partial charge >= 0.3 is 6.01 Å². The van der Waals surface area contributed by atoms with Crippen molar-refractivity contribution in [1.29, 1.82) is 0 Å². The molecule has 0 aliphatic heterocycles. The van der Waals surface area contributed by atoms with Gasteiger partial charge in [0.2, 0.25) is 0 Å². The zero-order chi connectivity index (χ0) is 15.5. The lowest BCUT2D eigenvalue weighted by atomic mass is 10.3. The number of oxazole rings is 1. The lowest BCUT2D eigenvalue weighted by molar-refractivity contribution is -0.122. The second-order valence-corrected chi connectivity index (χ2v) is 4.99. The van der Waals surface area contributed by atoms with Gasteiger partial charge in [0, 0.05) is 17.5 Å². The number of aromatic nitrogens is 1. The van der Waals surface area contributed by atoms with E-state index in [-0.39, 0.29) is 18.3 Å². The van der Waals surface area contributed by atoms with Gasteiger partial charge in [0.15, 0.2) is 11.3 Å². The summed E-state index contributed by atoms with van der Waals surface area (Å²) in [5, 5.41) is 1.59. The molecule has 3 aromatic rings. The van der Waals surface area contributed by atoms with Crippen molar-refractivity contribution in [3.05, 3.63) is 53.6 Å². The predicted octanol–water partition coefficient (Wildman–Crippen LogP) is 4.22. The predicted molar refractivity (Wildman–Crippen MR) is 83.9 cm³/mol. The summed E-state index contributed by atoms with van der Waals surface area (Å²) in [7, 11) is 0. The Bertz CT molecular complexity index is 802. The van der Waals surface area contributed by atoms with Gasteiger partial charge in [0.1, 0.15) is 5.52 Å². The Morgan fingerprint density at radius 3 is 2.77 bits per heavy atom. The molecule has 0 spiro atoms. The SMILES string of the molecule is CCC(=O)N(Oc1ccccc1)c1nc2ccc(Cl)cc2o1. The Balaban J connectivity index is 1.98. The van der Waals surface area contributed by atoms with Crippen molar-refractivity contribution in [2.45, 2.75) is 13.3 Å². The summed E-state index contributed by atoms with van der Waals surface area (Å²) < 4.78 is 5.59. The molecule has 0 N–H and O–H groups in total. The number of halogens is 1. The van der Waals surface area contributed by atoms with Crippen LogP contribution < -0.4 is 9.90 Å². The van der Waals surface area contributed by atoms with E-state index in [1.807, 2.05) is 18.2 Å². The number of benzene rings is 2. The first-order chi connectivity index (χ1) is 10.7. The van der Waals surface area contributed by atoms with Crippen molar-refractivity contribution in [2.24, 2.45) is 0 Å². The van der Waals surface area contributed by atoms with E-state index >= 15 is 0 Å². The summed E-state index contributed by atoms with van der Waals surface area (Å²) in [6, 6.07) is 14.1. The van der Waals surface area contributed by atoms with Gasteiger partial charge in [-0.05, 0) is 24.3 Å². The van der Waals surface area contributed by atoms with E-state index in [0.29, 0.717) is 21.9 Å². The molecule has 2 aromatic carbocycles. The number of hydroxylamine groups is 1. The van der Waals surface area contributed by atoms with Gasteiger partial charge in [0.25, 0.3) is 5.91 Å². The number of rotatable bonds is 4. The lowest BCUT2D eigenvalue weighted by Crippen LogP contribution is -2.33. The third-order valence-corrected chi connectivity index (χ3v) is 3.22. The zero-order valence-corrected chi connectivity index (χ0v) is 12.6. The molecule has 5 nitrogen and oxygen atoms in total. The van der Waals surface area contributed by atoms with Crippen molar-refractivity contribution in [3.63, 3.8) is 0 Å². The van der Waals surface area contributed by atoms with E-state index < -0.39 is 0 Å². The maximum absolute atomic E-state index is 12.1. The zero-order valence-electron chi connectivity index (χ0n) is 11.8. The largest absolute Gasteiger partial charge is 0.421 e. The second kappa shape index (κ2) is 6.07. The van der Waals surface area contributed by atoms with Crippen molar-refractivity contribution in [3.8, 4) is 5.75 Å². The molecule has 112 valence electrons. The number of carbonyl (C=O) groups excluding carboxylic acids is 1. The topological polar surface area (TPSA) is 55.6 Å². The molecule has 3 rings (SSSR count). The second-order valence-electron chi connectivity index (χ2n) is 4.55. The molecule has 0 radical (unpaired) electrons. The van der Waals surface area contributed by atoms with Crippen molar-refractivity contribution < 1.29 is 14.0 Å². The number of amides is 1. The maximum Gasteiger partial charge on any atom is 0.340 e. The van der Waals surface area contributed by atoms with Crippen LogP contribution in [0.2, 0.25) is 5.02 Å². The molecule has 0 atom stereocenters. The van der Waals surface area contributed by atoms with Gasteiger partial charge in [0.05, 0.1) is 0 Å². The van der Waals surface area contributed by atoms with E-state index in [2.05, 4.69) is 4.98 Å². The summed E-state index contributed by atoms with van der Waals surface area (Å²) >= 11 is 5.93. The Labute approximate surface area is 132 Å². The molecule has 0 saturated carbocycles. The van der Waals surface area contributed by atoms with Crippen LogP contribution in [0.15, 0.2) is 52.9 Å². The van der Waals surface area contributed by atoms with Crippen molar-refractivity contribution in [1.82, 2.24) is 4.98 Å². The third-order valence-electron chi connectivity index (χ3n) is 2.98. The molecule has 1 amide bonds. The molecule has 0 aliphatic rings. The fourth-order valence-electron chi connectivity index (χ4n) is 1.90. The third kappa shape index (κ3) is 2.89. The average molecular weight is 317 g/mol. The molecule has 0 bridgehead atoms. The highest BCUT2D eigenvalue weighted by Crippen LogP contribution is 2.26. The normalized spacial score (nSPS) is 10.6. The number of carbonyl (C=O) groups is 1. The highest BCUT2D eigenvalue weighted by Gasteiger charge is 2.22. The standard InChI is InChI=1S/C16H13ClN2O3/c1-2-15(20)19(22-12-6-4-3-5-7-12)16-18-13-9-8-11(17)10-14(13)21-16/h3-10H,2H2,1H3. The summed E-state index contributed by atoms with van der Waals surface area (Å²) in [5.41, 5.74) is 1.10. The molecule has 0 unspecified atom stereocenters. The molecular formula is C16H13ClN2O3. The monoisotopic (exact) mass is 316 g/mol. The Hall–Kier alpha value is -2.53. The van der Waals surface area contributed by atoms with Crippen LogP contribution in [0.3, 0.4) is 0 Å². The summed E-state index contributed by atoms with van der Waals surface area (Å²) in [5.74, 6) is 0.256. The number of nitrogens with zero attached hydrogens (tertiary/aromatic N) is 2. The molecule has 0 saturated heterocycles. The van der Waals surface area contributed by atoms with E-state index in [9.17, 15) is 4.79 Å². The molecule has 0 fully saturated rings. The van der Waals surface area contributed by atoms with Gasteiger partial charge in [-0.3, -0.25) is 4.79 Å². The number of para-hydroxylation sites is 1. The van der Waals surface area contributed by atoms with Crippen molar-refractivity contribution in [2.75, 3.05) is 5.06 Å². The van der Waals surface area contributed by atoms with Crippen LogP contribution in [0.25, 0.3) is 11.1 Å². The minimum Gasteiger partial charge on any atom is -0.421 e. The van der Waals surface area contributed by atoms with Crippen LogP contribution in [0.1, 0.15) is 13.3 Å². The van der Waals surface area contributed by atoms with Crippen LogP contribution in [0.5, 0.6) is 5.75 Å². The van der Waals surface area contributed by atoms with Gasteiger partial charge in [-0.25, -0.2) is 0 Å². The maximum atomic E-state index is 12.1. The smallest absolute Gasteiger partial charge is 0.340 e. The van der Waals surface area contributed by atoms with Crippen LogP contribution in [-0.2, 0) is 4.79 Å². The van der Waals surface area contributed by atoms with Crippen LogP contribution in [0.4, 0.5) is 6.01 Å². The Morgan fingerprint density at radius 2 is 2.05 bits per heavy atom. The van der Waals surface area contributed by atoms with E-state index in [4.69, 9.17) is 20.9 Å². The summed E-state index contributed by atoms with van der Waals surface area (Å²) in [4.78, 5) is 22.0. The highest BCUT2D eigenvalue weighted by molar-refractivity contribution is 6.31. The molecule has 22 heavy (non-hydrogen) atoms. The number of fused-ring (bicyclic) bond motifs is 1. The summed E-state index contributed by atoms with van der Waals surface area (Å²) in [6.07, 6.45) is 0.256. The van der Waals surface area contributed by atoms with Crippen molar-refractivity contribution >= 4 is 34.6 Å². The number of hydrogen-bond acceptors (Lipinski definition) is 4. The minimum atomic E-state index is -0.262. The first-order valence-corrected chi connectivity index (χ1v) is 7.17. The quantitative estimate of drug-likeness (QED) is 0.676. The minimum absolute atomic E-state index is 0.0768. The van der Waals surface area contributed by atoms with Crippen LogP contribution in [0, 0.1) is 0 Å². The van der Waals surface area contributed by atoms with E-state index in [0.717, 1.165) is 5.06 Å². The molecule has 1 aromatic heterocycles. The summed E-state index contributed by atoms with van der Waals surface area (Å²) in [6.45, 7) is 1.74. The van der Waals surface area contributed by atoms with Gasteiger partial charge in [-0.2, -0.15) is 4.98 Å². The Kier molecular flexibility index (Phi) is 3.98. The molecule has 6 heteroatoms. The average Bonchev–Trinajstić information content (AvgIpc) is 2.95. The van der Waals surface area contributed by atoms with Gasteiger partial charge in [-0.1, -0.05) is 41.8 Å². The van der Waals surface area contributed by atoms with Gasteiger partial charge < -0.3 is 9.25 Å². The van der Waals surface area contributed by atoms with E-state index in [1.165, 1.54) is 0 Å². The van der Waals surface area contributed by atoms with Gasteiger partial charge in [-0.15, -0.1) is 0 Å². The molecule has 0 aliphatic carbocycles. The number of hydrogen-bond donors (Lipinski definition) is 0. The fourth-order valence-corrected chi connectivity index (χ4v) is 2.06. The Morgan fingerprint density at radius 1 is 1.27 bits per heavy atom. The first-order valence-electron chi connectivity index (χ1n) is 6.79. The van der Waals surface area contributed by atoms with Crippen LogP contribution >= 0.6 is 11.6 Å². The molecule has 1 heterocycles. The fraction of sp³-hybridized carbons (Fsp3) is 0.125.